The van der Waals surface area contributed by atoms with Gasteiger partial charge in [-0.05, 0) is 37.8 Å². The molecule has 17 heteroatoms. The van der Waals surface area contributed by atoms with Gasteiger partial charge in [0.2, 0.25) is 0 Å². The van der Waals surface area contributed by atoms with Crippen LogP contribution in [0.4, 0.5) is 0 Å². The average Bonchev–Trinajstić information content (AvgIpc) is 2.74. The highest BCUT2D eigenvalue weighted by molar-refractivity contribution is 7.82. The van der Waals surface area contributed by atoms with E-state index in [-0.39, 0.29) is 12.8 Å². The van der Waals surface area contributed by atoms with Crippen molar-refractivity contribution >= 4 is 48.7 Å². The van der Waals surface area contributed by atoms with E-state index in [0.717, 1.165) is 25.0 Å². The molecule has 4 atom stereocenters. The fourth-order valence-corrected chi connectivity index (χ4v) is 15.1. The van der Waals surface area contributed by atoms with E-state index >= 15 is 0 Å². The first-order valence-electron chi connectivity index (χ1n) is 11.9. The lowest BCUT2D eigenvalue weighted by Crippen LogP contribution is -2.16. The summed E-state index contributed by atoms with van der Waals surface area (Å²) in [6, 6.07) is 5.56. The van der Waals surface area contributed by atoms with Gasteiger partial charge < -0.3 is 19.6 Å². The fourth-order valence-electron chi connectivity index (χ4n) is 3.57. The van der Waals surface area contributed by atoms with Crippen LogP contribution in [-0.4, -0.2) is 56.6 Å². The van der Waals surface area contributed by atoms with Crippen molar-refractivity contribution in [3.63, 3.8) is 0 Å². The van der Waals surface area contributed by atoms with Crippen LogP contribution >= 0.6 is 48.7 Å². The van der Waals surface area contributed by atoms with Crippen molar-refractivity contribution < 1.29 is 45.9 Å². The van der Waals surface area contributed by atoms with Gasteiger partial charge in [0, 0.05) is 38.0 Å². The molecule has 0 aliphatic carbocycles. The van der Waals surface area contributed by atoms with Crippen molar-refractivity contribution in [2.45, 2.75) is 70.1 Å². The number of pyridine rings is 1. The van der Waals surface area contributed by atoms with Gasteiger partial charge in [0.05, 0.1) is 0 Å². The molecule has 1 heterocycles. The molecule has 11 nitrogen and oxygen atoms in total. The lowest BCUT2D eigenvalue weighted by atomic mass is 10.1. The molecule has 0 aliphatic heterocycles. The van der Waals surface area contributed by atoms with E-state index in [2.05, 4.69) is 11.9 Å². The van der Waals surface area contributed by atoms with Crippen molar-refractivity contribution in [2.75, 3.05) is 26.7 Å². The normalized spacial score (nSPS) is 19.4. The zero-order valence-electron chi connectivity index (χ0n) is 22.0. The molecule has 0 saturated carbocycles. The van der Waals surface area contributed by atoms with Gasteiger partial charge in [-0.1, -0.05) is 45.1 Å². The molecule has 0 spiro atoms. The molecule has 0 radical (unpaired) electrons. The van der Waals surface area contributed by atoms with Crippen LogP contribution in [0.5, 0.6) is 0 Å². The Balaban J connectivity index is 3.20. The van der Waals surface area contributed by atoms with Crippen LogP contribution in [0.3, 0.4) is 0 Å². The molecule has 37 heavy (non-hydrogen) atoms. The van der Waals surface area contributed by atoms with E-state index in [1.165, 1.54) is 52.3 Å². The first kappa shape index (κ1) is 36.0. The third kappa shape index (κ3) is 14.5. The number of aromatic nitrogens is 1. The van der Waals surface area contributed by atoms with Crippen LogP contribution in [0.15, 0.2) is 18.2 Å². The predicted octanol–water partition coefficient (Wildman–Crippen LogP) is 7.43. The Morgan fingerprint density at radius 1 is 0.730 bits per heavy atom. The van der Waals surface area contributed by atoms with Gasteiger partial charge in [0.1, 0.15) is 0 Å². The third-order valence-corrected chi connectivity index (χ3v) is 16.1. The Bertz CT molecular complexity index is 810. The van der Waals surface area contributed by atoms with Crippen molar-refractivity contribution in [3.8, 4) is 0 Å². The second kappa shape index (κ2) is 18.4. The summed E-state index contributed by atoms with van der Waals surface area (Å²) in [6.45, 7) is 7.16. The Morgan fingerprint density at radius 2 is 1.14 bits per heavy atom. The summed E-state index contributed by atoms with van der Waals surface area (Å²) in [5, 5.41) is -1.65. The molecule has 1 aromatic rings. The van der Waals surface area contributed by atoms with E-state index in [9.17, 15) is 28.7 Å². The predicted molar refractivity (Wildman–Crippen MR) is 153 cm³/mol. The van der Waals surface area contributed by atoms with Crippen molar-refractivity contribution in [1.82, 2.24) is 4.98 Å². The second-order valence-electron chi connectivity index (χ2n) is 8.42. The Hall–Kier alpha value is 1.01. The molecular weight excluding hydrogens is 600 g/mol. The molecule has 216 valence electrons. The zero-order chi connectivity index (χ0) is 28.1. The smallest absolute Gasteiger partial charge is 0.350 e. The largest absolute Gasteiger partial charge is 0.356 e. The van der Waals surface area contributed by atoms with Gasteiger partial charge in [-0.15, -0.1) is 0 Å². The van der Waals surface area contributed by atoms with Crippen LogP contribution in [0.25, 0.3) is 0 Å². The summed E-state index contributed by atoms with van der Waals surface area (Å²) in [5.74, 6) is 0. The SMILES string of the molecule is CCCCCCCCc1cccc(CCC(P(=O)(OP(C)O)OP(C)O)P(=O)(OP(C)O)OP(C)O)n1. The van der Waals surface area contributed by atoms with Crippen LogP contribution in [-0.2, 0) is 39.2 Å². The minimum absolute atomic E-state index is 0.155. The highest BCUT2D eigenvalue weighted by Crippen LogP contribution is 2.80. The molecule has 4 unspecified atom stereocenters. The van der Waals surface area contributed by atoms with Gasteiger partial charge in [-0.2, -0.15) is 0 Å². The second-order valence-corrected chi connectivity index (χ2v) is 18.6. The first-order chi connectivity index (χ1) is 17.3. The third-order valence-electron chi connectivity index (χ3n) is 4.97. The minimum atomic E-state index is -4.54. The Labute approximate surface area is 225 Å². The molecule has 0 bridgehead atoms. The summed E-state index contributed by atoms with van der Waals surface area (Å²) >= 11 is 0. The monoisotopic (exact) mass is 641 g/mol. The van der Waals surface area contributed by atoms with E-state index in [1.807, 2.05) is 12.1 Å². The average molecular weight is 641 g/mol. The van der Waals surface area contributed by atoms with Crippen LogP contribution < -0.4 is 0 Å². The minimum Gasteiger partial charge on any atom is -0.350 e. The van der Waals surface area contributed by atoms with Crippen LogP contribution in [0, 0.1) is 0 Å². The van der Waals surface area contributed by atoms with E-state index in [1.54, 1.807) is 6.07 Å². The molecule has 0 saturated heterocycles. The van der Waals surface area contributed by atoms with Gasteiger partial charge in [-0.25, -0.2) is 0 Å². The van der Waals surface area contributed by atoms with Gasteiger partial charge in [0.15, 0.2) is 38.9 Å². The molecule has 4 N–H and O–H groups in total. The Kier molecular flexibility index (Phi) is 18.0. The summed E-state index contributed by atoms with van der Waals surface area (Å²) in [6.07, 6.45) is 7.78. The molecule has 1 rings (SSSR count). The molecule has 0 aromatic carbocycles. The quantitative estimate of drug-likeness (QED) is 0.0826. The molecule has 0 amide bonds. The van der Waals surface area contributed by atoms with E-state index < -0.39 is 54.1 Å². The highest BCUT2D eigenvalue weighted by atomic mass is 31.3. The summed E-state index contributed by atoms with van der Waals surface area (Å²) in [7, 11) is -18.2. The first-order valence-corrected chi connectivity index (χ1v) is 21.8. The number of unbranched alkanes of at least 4 members (excludes halogenated alkanes) is 5. The number of rotatable bonds is 20. The molecule has 1 aromatic heterocycles. The van der Waals surface area contributed by atoms with E-state index in [0.29, 0.717) is 5.69 Å². The summed E-state index contributed by atoms with van der Waals surface area (Å²) in [4.78, 5) is 44.2. The maximum Gasteiger partial charge on any atom is 0.356 e. The van der Waals surface area contributed by atoms with Crippen LogP contribution in [0.2, 0.25) is 0 Å². The molecular formula is C20H41NO10P6. The van der Waals surface area contributed by atoms with Gasteiger partial charge >= 0.3 is 15.2 Å². The maximum atomic E-state index is 13.8. The van der Waals surface area contributed by atoms with Gasteiger partial charge in [0.25, 0.3) is 0 Å². The summed E-state index contributed by atoms with van der Waals surface area (Å²) < 4.78 is 48.6. The zero-order valence-corrected chi connectivity index (χ0v) is 27.4. The number of hydrogen-bond acceptors (Lipinski definition) is 11. The number of hydrogen-bond donors (Lipinski definition) is 4. The molecule has 0 fully saturated rings. The maximum absolute atomic E-state index is 13.8. The Morgan fingerprint density at radius 3 is 1.57 bits per heavy atom. The van der Waals surface area contributed by atoms with Crippen molar-refractivity contribution in [2.24, 2.45) is 0 Å². The van der Waals surface area contributed by atoms with Crippen molar-refractivity contribution in [1.29, 1.82) is 0 Å². The lowest BCUT2D eigenvalue weighted by Gasteiger charge is -2.33. The lowest BCUT2D eigenvalue weighted by molar-refractivity contribution is 0.347. The van der Waals surface area contributed by atoms with Crippen molar-refractivity contribution in [3.05, 3.63) is 29.6 Å². The standard InChI is InChI=1S/C20H41NO10P6/c1-6-7-8-9-10-11-13-18-14-12-15-19(21-18)16-17-20(36(26,28-32(2)22)29-33(3)23)37(27,30-34(4)24)31-35(5)25/h12,14-15,20,22-25H,6-11,13,16-17H2,1-5H3. The summed E-state index contributed by atoms with van der Waals surface area (Å²) in [5.41, 5.74) is 1.53. The number of nitrogens with zero attached hydrogens (tertiary/aromatic N) is 1. The fraction of sp³-hybridized carbons (Fsp3) is 0.750. The van der Waals surface area contributed by atoms with Crippen LogP contribution in [0.1, 0.15) is 63.3 Å². The van der Waals surface area contributed by atoms with Gasteiger partial charge in [-0.3, -0.25) is 31.4 Å². The number of aryl methyl sites for hydroxylation is 2. The highest BCUT2D eigenvalue weighted by Gasteiger charge is 2.54. The molecule has 0 aliphatic rings. The van der Waals surface area contributed by atoms with E-state index in [4.69, 9.17) is 17.2 Å². The topological polar surface area (TPSA) is 165 Å².